The van der Waals surface area contributed by atoms with Crippen molar-refractivity contribution >= 4 is 0 Å². The third kappa shape index (κ3) is 7.96. The maximum atomic E-state index is 5.15. The Labute approximate surface area is 80.6 Å². The van der Waals surface area contributed by atoms with Crippen LogP contribution >= 0.6 is 0 Å². The molecule has 0 radical (unpaired) electrons. The van der Waals surface area contributed by atoms with E-state index in [0.717, 1.165) is 6.42 Å². The molecule has 0 saturated carbocycles. The van der Waals surface area contributed by atoms with Crippen LogP contribution in [-0.2, 0) is 14.5 Å². The van der Waals surface area contributed by atoms with Crippen LogP contribution in [0, 0.1) is 0 Å². The molecule has 0 aromatic heterocycles. The van der Waals surface area contributed by atoms with Crippen LogP contribution in [0.3, 0.4) is 0 Å². The van der Waals surface area contributed by atoms with Crippen LogP contribution in [0.15, 0.2) is 12.7 Å². The van der Waals surface area contributed by atoms with Crippen molar-refractivity contribution in [2.75, 3.05) is 19.8 Å². The summed E-state index contributed by atoms with van der Waals surface area (Å²) in [7, 11) is 0. The summed E-state index contributed by atoms with van der Waals surface area (Å²) in [6.07, 6.45) is 2.62. The Bertz CT molecular complexity index is 132. The molecule has 0 fully saturated rings. The van der Waals surface area contributed by atoms with Crippen molar-refractivity contribution in [2.45, 2.75) is 32.8 Å². The van der Waals surface area contributed by atoms with Gasteiger partial charge < -0.3 is 4.74 Å². The van der Waals surface area contributed by atoms with Crippen molar-refractivity contribution in [2.24, 2.45) is 0 Å². The van der Waals surface area contributed by atoms with Gasteiger partial charge in [-0.3, -0.25) is 0 Å². The molecule has 0 aliphatic carbocycles. The molecule has 0 unspecified atom stereocenters. The zero-order valence-electron chi connectivity index (χ0n) is 8.84. The van der Waals surface area contributed by atoms with Gasteiger partial charge in [0.2, 0.25) is 0 Å². The number of hydrogen-bond acceptors (Lipinski definition) is 3. The van der Waals surface area contributed by atoms with E-state index in [-0.39, 0.29) is 5.60 Å². The molecular formula is C10H20O3. The highest BCUT2D eigenvalue weighted by molar-refractivity contribution is 4.63. The van der Waals surface area contributed by atoms with E-state index in [2.05, 4.69) is 13.5 Å². The SMILES string of the molecule is C=CCOCCOOC(C)(C)CC. The zero-order chi connectivity index (χ0) is 10.2. The standard InChI is InChI=1S/C10H20O3/c1-5-7-11-8-9-12-13-10(3,4)6-2/h5H,1,6-9H2,2-4H3. The van der Waals surface area contributed by atoms with E-state index in [1.165, 1.54) is 0 Å². The summed E-state index contributed by atoms with van der Waals surface area (Å²) >= 11 is 0. The van der Waals surface area contributed by atoms with Gasteiger partial charge in [-0.25, -0.2) is 9.78 Å². The van der Waals surface area contributed by atoms with Crippen LogP contribution in [0.4, 0.5) is 0 Å². The first kappa shape index (κ1) is 12.6. The highest BCUT2D eigenvalue weighted by Crippen LogP contribution is 2.13. The van der Waals surface area contributed by atoms with Crippen LogP contribution in [0.2, 0.25) is 0 Å². The van der Waals surface area contributed by atoms with E-state index in [1.807, 2.05) is 13.8 Å². The highest BCUT2D eigenvalue weighted by atomic mass is 17.2. The first-order valence-electron chi connectivity index (χ1n) is 4.61. The van der Waals surface area contributed by atoms with Crippen molar-refractivity contribution in [3.8, 4) is 0 Å². The monoisotopic (exact) mass is 188 g/mol. The van der Waals surface area contributed by atoms with E-state index in [1.54, 1.807) is 6.08 Å². The highest BCUT2D eigenvalue weighted by Gasteiger charge is 2.16. The van der Waals surface area contributed by atoms with Gasteiger partial charge in [-0.05, 0) is 20.3 Å². The lowest BCUT2D eigenvalue weighted by Gasteiger charge is -2.21. The fraction of sp³-hybridized carbons (Fsp3) is 0.800. The summed E-state index contributed by atoms with van der Waals surface area (Å²) in [5.41, 5.74) is -0.210. The van der Waals surface area contributed by atoms with Crippen LogP contribution in [0.5, 0.6) is 0 Å². The average molecular weight is 188 g/mol. The van der Waals surface area contributed by atoms with Crippen molar-refractivity contribution < 1.29 is 14.5 Å². The third-order valence-electron chi connectivity index (χ3n) is 1.68. The summed E-state index contributed by atoms with van der Waals surface area (Å²) < 4.78 is 5.11. The fourth-order valence-electron chi connectivity index (χ4n) is 0.520. The van der Waals surface area contributed by atoms with Crippen LogP contribution in [0.25, 0.3) is 0 Å². The van der Waals surface area contributed by atoms with Crippen LogP contribution in [0.1, 0.15) is 27.2 Å². The normalized spacial score (nSPS) is 11.6. The lowest BCUT2D eigenvalue weighted by atomic mass is 10.1. The predicted octanol–water partition coefficient (Wildman–Crippen LogP) is 2.33. The van der Waals surface area contributed by atoms with Gasteiger partial charge in [0.05, 0.1) is 18.8 Å². The molecular weight excluding hydrogens is 168 g/mol. The molecule has 3 heteroatoms. The minimum atomic E-state index is -0.210. The smallest absolute Gasteiger partial charge is 0.106 e. The molecule has 0 aromatic rings. The summed E-state index contributed by atoms with van der Waals surface area (Å²) in [6.45, 7) is 11.1. The third-order valence-corrected chi connectivity index (χ3v) is 1.68. The molecule has 0 saturated heterocycles. The first-order chi connectivity index (χ1) is 6.12. The van der Waals surface area contributed by atoms with Gasteiger partial charge in [0.25, 0.3) is 0 Å². The Morgan fingerprint density at radius 2 is 2.00 bits per heavy atom. The molecule has 0 rings (SSSR count). The second-order valence-corrected chi connectivity index (χ2v) is 3.38. The second kappa shape index (κ2) is 7.06. The Balaban J connectivity index is 3.20. The lowest BCUT2D eigenvalue weighted by molar-refractivity contribution is -0.356. The Kier molecular flexibility index (Phi) is 6.86. The molecule has 0 bridgehead atoms. The number of ether oxygens (including phenoxy) is 1. The molecule has 0 amide bonds. The fourth-order valence-corrected chi connectivity index (χ4v) is 0.520. The molecule has 78 valence electrons. The zero-order valence-corrected chi connectivity index (χ0v) is 8.84. The molecule has 0 aliphatic heterocycles. The Morgan fingerprint density at radius 3 is 2.54 bits per heavy atom. The quantitative estimate of drug-likeness (QED) is 0.253. The summed E-state index contributed by atoms with van der Waals surface area (Å²) in [5, 5.41) is 0. The minimum Gasteiger partial charge on any atom is -0.375 e. The lowest BCUT2D eigenvalue weighted by Crippen LogP contribution is -2.24. The molecule has 13 heavy (non-hydrogen) atoms. The second-order valence-electron chi connectivity index (χ2n) is 3.38. The summed E-state index contributed by atoms with van der Waals surface area (Å²) in [5.74, 6) is 0. The van der Waals surface area contributed by atoms with Crippen molar-refractivity contribution in [1.82, 2.24) is 0 Å². The number of hydrogen-bond donors (Lipinski definition) is 0. The largest absolute Gasteiger partial charge is 0.375 e. The van der Waals surface area contributed by atoms with Gasteiger partial charge in [-0.2, -0.15) is 0 Å². The molecule has 3 nitrogen and oxygen atoms in total. The van der Waals surface area contributed by atoms with E-state index < -0.39 is 0 Å². The molecule has 0 aromatic carbocycles. The van der Waals surface area contributed by atoms with Gasteiger partial charge >= 0.3 is 0 Å². The Morgan fingerprint density at radius 1 is 1.31 bits per heavy atom. The van der Waals surface area contributed by atoms with Gasteiger partial charge in [0.1, 0.15) is 6.61 Å². The minimum absolute atomic E-state index is 0.210. The molecule has 0 aliphatic rings. The van der Waals surface area contributed by atoms with E-state index in [0.29, 0.717) is 19.8 Å². The maximum Gasteiger partial charge on any atom is 0.106 e. The van der Waals surface area contributed by atoms with Crippen molar-refractivity contribution in [1.29, 1.82) is 0 Å². The Hall–Kier alpha value is -0.380. The van der Waals surface area contributed by atoms with E-state index in [4.69, 9.17) is 14.5 Å². The van der Waals surface area contributed by atoms with Crippen molar-refractivity contribution in [3.63, 3.8) is 0 Å². The summed E-state index contributed by atoms with van der Waals surface area (Å²) in [4.78, 5) is 10.1. The maximum absolute atomic E-state index is 5.15. The average Bonchev–Trinajstić information content (AvgIpc) is 2.11. The van der Waals surface area contributed by atoms with Gasteiger partial charge in [0.15, 0.2) is 0 Å². The molecule has 0 heterocycles. The first-order valence-corrected chi connectivity index (χ1v) is 4.61. The van der Waals surface area contributed by atoms with Crippen molar-refractivity contribution in [3.05, 3.63) is 12.7 Å². The molecule has 0 spiro atoms. The van der Waals surface area contributed by atoms with Gasteiger partial charge in [-0.1, -0.05) is 13.0 Å². The summed E-state index contributed by atoms with van der Waals surface area (Å²) in [6, 6.07) is 0. The number of rotatable bonds is 8. The van der Waals surface area contributed by atoms with E-state index in [9.17, 15) is 0 Å². The van der Waals surface area contributed by atoms with Gasteiger partial charge in [0, 0.05) is 0 Å². The van der Waals surface area contributed by atoms with Gasteiger partial charge in [-0.15, -0.1) is 6.58 Å². The molecule has 0 atom stereocenters. The molecule has 0 N–H and O–H groups in total. The topological polar surface area (TPSA) is 27.7 Å². The van der Waals surface area contributed by atoms with Crippen LogP contribution < -0.4 is 0 Å². The van der Waals surface area contributed by atoms with E-state index >= 15 is 0 Å². The predicted molar refractivity (Wildman–Crippen MR) is 52.4 cm³/mol. The van der Waals surface area contributed by atoms with Crippen LogP contribution in [-0.4, -0.2) is 25.4 Å².